The molecule has 0 aliphatic carbocycles. The van der Waals surface area contributed by atoms with Crippen LogP contribution in [0.1, 0.15) is 26.3 Å². The third kappa shape index (κ3) is 6.44. The molecule has 198 valence electrons. The highest BCUT2D eigenvalue weighted by Gasteiger charge is 2.25. The summed E-state index contributed by atoms with van der Waals surface area (Å²) in [5, 5.41) is 7.44. The number of amides is 1. The summed E-state index contributed by atoms with van der Waals surface area (Å²) in [7, 11) is 0. The van der Waals surface area contributed by atoms with Crippen molar-refractivity contribution < 1.29 is 14.4 Å². The van der Waals surface area contributed by atoms with E-state index in [1.165, 1.54) is 0 Å². The number of piperazine rings is 1. The first-order chi connectivity index (χ1) is 18.3. The Bertz CT molecular complexity index is 1350. The SMILES string of the molecule is CC(C)(C)OC(=O)N1CCN(CCn2ncc3cc(N4C=CC(C=Cc5ccccc5)=CO4)ccc32)CC1. The Morgan fingerprint density at radius 3 is 2.53 bits per heavy atom. The second-order valence-electron chi connectivity index (χ2n) is 10.5. The van der Waals surface area contributed by atoms with Gasteiger partial charge in [-0.25, -0.2) is 4.79 Å². The Morgan fingerprint density at radius 2 is 1.82 bits per heavy atom. The predicted octanol–water partition coefficient (Wildman–Crippen LogP) is 5.45. The molecule has 2 aliphatic rings. The first-order valence-corrected chi connectivity index (χ1v) is 13.1. The maximum Gasteiger partial charge on any atom is 0.410 e. The van der Waals surface area contributed by atoms with Crippen molar-refractivity contribution in [2.75, 3.05) is 37.8 Å². The van der Waals surface area contributed by atoms with Crippen molar-refractivity contribution in [3.05, 3.63) is 90.5 Å². The van der Waals surface area contributed by atoms with E-state index in [9.17, 15) is 4.79 Å². The molecule has 8 nitrogen and oxygen atoms in total. The van der Waals surface area contributed by atoms with E-state index in [4.69, 9.17) is 9.57 Å². The summed E-state index contributed by atoms with van der Waals surface area (Å²) in [6.07, 6.45) is 11.5. The molecule has 5 rings (SSSR count). The van der Waals surface area contributed by atoms with E-state index >= 15 is 0 Å². The Morgan fingerprint density at radius 1 is 1.03 bits per heavy atom. The highest BCUT2D eigenvalue weighted by molar-refractivity contribution is 5.82. The van der Waals surface area contributed by atoms with Crippen LogP contribution >= 0.6 is 0 Å². The van der Waals surface area contributed by atoms with Gasteiger partial charge < -0.3 is 14.5 Å². The Balaban J connectivity index is 1.13. The van der Waals surface area contributed by atoms with Crippen LogP contribution in [-0.4, -0.2) is 64.0 Å². The molecular formula is C30H35N5O3. The normalized spacial score (nSPS) is 16.7. The number of hydroxylamine groups is 1. The molecule has 0 saturated carbocycles. The second kappa shape index (κ2) is 11.1. The molecule has 1 amide bonds. The van der Waals surface area contributed by atoms with Gasteiger partial charge in [-0.15, -0.1) is 0 Å². The zero-order chi connectivity index (χ0) is 26.5. The standard InChI is InChI=1S/C30H35N5O3/c1-30(2,3)38-29(36)33-18-15-32(16-19-33)17-20-34-28-12-11-27(21-26(28)22-31-34)35-14-13-25(23-37-35)10-9-24-7-5-4-6-8-24/h4-14,21-23H,15-20H2,1-3H3. The number of nitrogens with zero attached hydrogens (tertiary/aromatic N) is 5. The van der Waals surface area contributed by atoms with E-state index < -0.39 is 5.60 Å². The molecule has 0 spiro atoms. The van der Waals surface area contributed by atoms with Crippen molar-refractivity contribution in [2.45, 2.75) is 32.9 Å². The molecule has 0 unspecified atom stereocenters. The average Bonchev–Trinajstić information content (AvgIpc) is 3.33. The van der Waals surface area contributed by atoms with Crippen LogP contribution in [0.5, 0.6) is 0 Å². The summed E-state index contributed by atoms with van der Waals surface area (Å²) in [6.45, 7) is 10.4. The number of hydrogen-bond donors (Lipinski definition) is 0. The minimum absolute atomic E-state index is 0.228. The van der Waals surface area contributed by atoms with E-state index in [1.807, 2.05) is 74.3 Å². The van der Waals surface area contributed by atoms with Gasteiger partial charge in [0.25, 0.3) is 0 Å². The van der Waals surface area contributed by atoms with E-state index in [0.29, 0.717) is 13.1 Å². The number of fused-ring (bicyclic) bond motifs is 1. The Labute approximate surface area is 224 Å². The predicted molar refractivity (Wildman–Crippen MR) is 150 cm³/mol. The summed E-state index contributed by atoms with van der Waals surface area (Å²) in [4.78, 5) is 22.3. The maximum atomic E-state index is 12.3. The first-order valence-electron chi connectivity index (χ1n) is 13.1. The molecule has 0 atom stereocenters. The van der Waals surface area contributed by atoms with Crippen molar-refractivity contribution in [1.29, 1.82) is 0 Å². The highest BCUT2D eigenvalue weighted by Crippen LogP contribution is 2.25. The van der Waals surface area contributed by atoms with Gasteiger partial charge >= 0.3 is 6.09 Å². The lowest BCUT2D eigenvalue weighted by Gasteiger charge is -2.35. The number of benzene rings is 2. The van der Waals surface area contributed by atoms with Crippen molar-refractivity contribution >= 4 is 28.8 Å². The molecule has 0 N–H and O–H groups in total. The fourth-order valence-electron chi connectivity index (χ4n) is 4.45. The van der Waals surface area contributed by atoms with Gasteiger partial charge in [0.1, 0.15) is 11.9 Å². The number of rotatable bonds is 6. The van der Waals surface area contributed by atoms with Crippen LogP contribution in [0.25, 0.3) is 17.0 Å². The van der Waals surface area contributed by atoms with Crippen molar-refractivity contribution in [1.82, 2.24) is 19.6 Å². The van der Waals surface area contributed by atoms with Gasteiger partial charge in [0, 0.05) is 49.9 Å². The van der Waals surface area contributed by atoms with Crippen LogP contribution < -0.4 is 5.06 Å². The second-order valence-corrected chi connectivity index (χ2v) is 10.5. The fraction of sp³-hybridized carbons (Fsp3) is 0.333. The van der Waals surface area contributed by atoms with E-state index in [2.05, 4.69) is 40.3 Å². The van der Waals surface area contributed by atoms with Gasteiger partial charge in [-0.1, -0.05) is 42.5 Å². The molecule has 2 aromatic carbocycles. The molecule has 1 saturated heterocycles. The lowest BCUT2D eigenvalue weighted by atomic mass is 10.1. The van der Waals surface area contributed by atoms with E-state index in [0.717, 1.165) is 53.9 Å². The quantitative estimate of drug-likeness (QED) is 0.437. The zero-order valence-electron chi connectivity index (χ0n) is 22.3. The van der Waals surface area contributed by atoms with Crippen molar-refractivity contribution in [2.24, 2.45) is 0 Å². The van der Waals surface area contributed by atoms with Crippen LogP contribution in [0.2, 0.25) is 0 Å². The zero-order valence-corrected chi connectivity index (χ0v) is 22.3. The average molecular weight is 514 g/mol. The molecule has 1 fully saturated rings. The molecule has 8 heteroatoms. The number of allylic oxidation sites excluding steroid dienone is 3. The number of carbonyl (C=O) groups excluding carboxylic acids is 1. The topological polar surface area (TPSA) is 63.1 Å². The van der Waals surface area contributed by atoms with Gasteiger partial charge in [-0.3, -0.25) is 9.58 Å². The van der Waals surface area contributed by atoms with Gasteiger partial charge in [0.15, 0.2) is 0 Å². The minimum Gasteiger partial charge on any atom is -0.444 e. The smallest absolute Gasteiger partial charge is 0.410 e. The Hall–Kier alpha value is -4.04. The fourth-order valence-corrected chi connectivity index (χ4v) is 4.45. The molecule has 0 radical (unpaired) electrons. The molecule has 38 heavy (non-hydrogen) atoms. The van der Waals surface area contributed by atoms with E-state index in [-0.39, 0.29) is 6.09 Å². The van der Waals surface area contributed by atoms with Crippen molar-refractivity contribution in [3.8, 4) is 0 Å². The number of ether oxygens (including phenoxy) is 1. The molecule has 3 heterocycles. The summed E-state index contributed by atoms with van der Waals surface area (Å²) in [5.74, 6) is 0. The summed E-state index contributed by atoms with van der Waals surface area (Å²) in [5.41, 5.74) is 3.70. The maximum absolute atomic E-state index is 12.3. The molecule has 3 aromatic rings. The van der Waals surface area contributed by atoms with Gasteiger partial charge in [0.05, 0.1) is 23.9 Å². The minimum atomic E-state index is -0.467. The number of anilines is 1. The van der Waals surface area contributed by atoms with Crippen LogP contribution in [0, 0.1) is 0 Å². The van der Waals surface area contributed by atoms with Gasteiger partial charge in [0.2, 0.25) is 0 Å². The lowest BCUT2D eigenvalue weighted by molar-refractivity contribution is 0.0142. The number of carbonyl (C=O) groups is 1. The van der Waals surface area contributed by atoms with Crippen LogP contribution in [0.3, 0.4) is 0 Å². The lowest BCUT2D eigenvalue weighted by Crippen LogP contribution is -2.50. The van der Waals surface area contributed by atoms with Crippen LogP contribution in [-0.2, 0) is 16.1 Å². The molecule has 1 aromatic heterocycles. The first kappa shape index (κ1) is 25.6. The van der Waals surface area contributed by atoms with Gasteiger partial charge in [-0.05, 0) is 50.6 Å². The van der Waals surface area contributed by atoms with E-state index in [1.54, 1.807) is 16.2 Å². The third-order valence-electron chi connectivity index (χ3n) is 6.50. The summed E-state index contributed by atoms with van der Waals surface area (Å²) < 4.78 is 7.54. The summed E-state index contributed by atoms with van der Waals surface area (Å²) >= 11 is 0. The van der Waals surface area contributed by atoms with Gasteiger partial charge in [-0.2, -0.15) is 10.2 Å². The number of hydrogen-bond acceptors (Lipinski definition) is 6. The van der Waals surface area contributed by atoms with Crippen molar-refractivity contribution in [3.63, 3.8) is 0 Å². The highest BCUT2D eigenvalue weighted by atomic mass is 16.7. The largest absolute Gasteiger partial charge is 0.444 e. The Kier molecular flexibility index (Phi) is 7.51. The summed E-state index contributed by atoms with van der Waals surface area (Å²) in [6, 6.07) is 16.4. The molecule has 2 aliphatic heterocycles. The molecule has 0 bridgehead atoms. The van der Waals surface area contributed by atoms with Crippen LogP contribution in [0.4, 0.5) is 10.5 Å². The monoisotopic (exact) mass is 513 g/mol. The number of aromatic nitrogens is 2. The third-order valence-corrected chi connectivity index (χ3v) is 6.50. The van der Waals surface area contributed by atoms with Crippen LogP contribution in [0.15, 0.2) is 84.9 Å². The molecular weight excluding hydrogens is 478 g/mol.